The van der Waals surface area contributed by atoms with E-state index in [1.165, 1.54) is 0 Å². The quantitative estimate of drug-likeness (QED) is 0.609. The molecule has 0 amide bonds. The lowest BCUT2D eigenvalue weighted by Crippen LogP contribution is -2.12. The monoisotopic (exact) mass is 344 g/mol. The van der Waals surface area contributed by atoms with Crippen LogP contribution in [-0.4, -0.2) is 21.9 Å². The first-order valence-corrected chi connectivity index (χ1v) is 8.47. The minimum absolute atomic E-state index is 0.0943. The summed E-state index contributed by atoms with van der Waals surface area (Å²) in [4.78, 5) is 0. The Morgan fingerprint density at radius 2 is 1.75 bits per heavy atom. The maximum absolute atomic E-state index is 10.0. The van der Waals surface area contributed by atoms with Crippen LogP contribution < -0.4 is 0 Å². The van der Waals surface area contributed by atoms with Crippen LogP contribution >= 0.6 is 12.2 Å². The number of aromatic hydroxyl groups is 2. The molecule has 0 spiro atoms. The first kappa shape index (κ1) is 18.3. The van der Waals surface area contributed by atoms with Gasteiger partial charge in [-0.2, -0.15) is 0 Å². The summed E-state index contributed by atoms with van der Waals surface area (Å²) >= 11 is 5.21. The number of phenols is 2. The van der Waals surface area contributed by atoms with Crippen LogP contribution in [0.4, 0.5) is 0 Å². The normalized spacial score (nSPS) is 11.3. The van der Waals surface area contributed by atoms with E-state index < -0.39 is 0 Å². The van der Waals surface area contributed by atoms with Crippen LogP contribution in [0.25, 0.3) is 0 Å². The predicted octanol–water partition coefficient (Wildman–Crippen LogP) is 4.72. The Kier molecular flexibility index (Phi) is 5.84. The average molecular weight is 344 g/mol. The van der Waals surface area contributed by atoms with E-state index in [-0.39, 0.29) is 11.2 Å². The van der Waals surface area contributed by atoms with E-state index in [9.17, 15) is 10.2 Å². The number of thiocarbonyl (C=S) groups is 1. The molecule has 0 saturated carbocycles. The summed E-state index contributed by atoms with van der Waals surface area (Å²) in [7, 11) is 0. The Morgan fingerprint density at radius 1 is 1.04 bits per heavy atom. The number of rotatable bonds is 5. The van der Waals surface area contributed by atoms with Gasteiger partial charge in [-0.25, -0.2) is 0 Å². The molecule has 2 N–H and O–H groups in total. The topological polar surface area (TPSA) is 49.7 Å². The molecular weight excluding hydrogens is 320 g/mol. The average Bonchev–Trinajstić information content (AvgIpc) is 2.52. The molecule has 0 saturated heterocycles. The van der Waals surface area contributed by atoms with E-state index in [4.69, 9.17) is 17.0 Å². The third-order valence-corrected chi connectivity index (χ3v) is 4.17. The van der Waals surface area contributed by atoms with Crippen molar-refractivity contribution in [2.45, 2.75) is 39.0 Å². The van der Waals surface area contributed by atoms with Crippen LogP contribution in [-0.2, 0) is 16.6 Å². The predicted molar refractivity (Wildman–Crippen MR) is 101 cm³/mol. The Labute approximate surface area is 148 Å². The summed E-state index contributed by atoms with van der Waals surface area (Å²) in [6, 6.07) is 12.6. The number of hydrogen-bond acceptors (Lipinski definition) is 4. The van der Waals surface area contributed by atoms with Gasteiger partial charge in [0, 0.05) is 0 Å². The number of para-hydroxylation sites is 1. The van der Waals surface area contributed by atoms with Gasteiger partial charge in [0.1, 0.15) is 11.5 Å². The highest BCUT2D eigenvalue weighted by molar-refractivity contribution is 7.80. The summed E-state index contributed by atoms with van der Waals surface area (Å²) in [5, 5.41) is 20.1. The summed E-state index contributed by atoms with van der Waals surface area (Å²) in [5.41, 5.74) is 2.57. The van der Waals surface area contributed by atoms with Crippen LogP contribution in [0.5, 0.6) is 11.5 Å². The third-order valence-electron chi connectivity index (χ3n) is 3.84. The zero-order chi connectivity index (χ0) is 17.7. The molecule has 0 radical (unpaired) electrons. The fraction of sp³-hybridized carbons (Fsp3) is 0.350. The highest BCUT2D eigenvalue weighted by atomic mass is 32.1. The van der Waals surface area contributed by atoms with Gasteiger partial charge in [0.2, 0.25) is 0 Å². The van der Waals surface area contributed by atoms with E-state index in [2.05, 4.69) is 26.8 Å². The van der Waals surface area contributed by atoms with Crippen molar-refractivity contribution in [3.05, 3.63) is 59.2 Å². The van der Waals surface area contributed by atoms with E-state index >= 15 is 0 Å². The molecule has 0 atom stereocenters. The van der Waals surface area contributed by atoms with E-state index in [0.29, 0.717) is 23.0 Å². The Balaban J connectivity index is 1.89. The number of aryl methyl sites for hydroxylation is 1. The Bertz CT molecular complexity index is 717. The number of hydrogen-bond donors (Lipinski definition) is 2. The third kappa shape index (κ3) is 4.71. The molecule has 0 aliphatic heterocycles. The smallest absolute Gasteiger partial charge is 0.194 e. The van der Waals surface area contributed by atoms with E-state index in [0.717, 1.165) is 24.0 Å². The van der Waals surface area contributed by atoms with Crippen LogP contribution in [0.1, 0.15) is 43.9 Å². The molecule has 0 fully saturated rings. The van der Waals surface area contributed by atoms with Gasteiger partial charge in [-0.05, 0) is 59.8 Å². The molecular formula is C20H24O3S. The summed E-state index contributed by atoms with van der Waals surface area (Å²) in [5.74, 6) is 0.471. The lowest BCUT2D eigenvalue weighted by Gasteiger charge is -2.21. The highest BCUT2D eigenvalue weighted by Crippen LogP contribution is 2.31. The van der Waals surface area contributed by atoms with Gasteiger partial charge in [-0.1, -0.05) is 45.0 Å². The molecule has 0 aliphatic carbocycles. The van der Waals surface area contributed by atoms with Gasteiger partial charge in [0.15, 0.2) is 5.05 Å². The SMILES string of the molecule is CC(C)(C)c1cc(CCCOC(=S)c2ccccc2O)ccc1O. The lowest BCUT2D eigenvalue weighted by atomic mass is 9.85. The molecule has 3 nitrogen and oxygen atoms in total. The van der Waals surface area contributed by atoms with Crippen LogP contribution in [0, 0.1) is 0 Å². The lowest BCUT2D eigenvalue weighted by molar-refractivity contribution is 0.306. The molecule has 0 bridgehead atoms. The first-order valence-electron chi connectivity index (χ1n) is 8.06. The van der Waals surface area contributed by atoms with Crippen molar-refractivity contribution in [2.24, 2.45) is 0 Å². The molecule has 0 aliphatic rings. The number of benzene rings is 2. The molecule has 128 valence electrons. The number of phenolic OH excluding ortho intramolecular Hbond substituents is 2. The van der Waals surface area contributed by atoms with Crippen LogP contribution in [0.15, 0.2) is 42.5 Å². The van der Waals surface area contributed by atoms with Crippen molar-refractivity contribution >= 4 is 17.3 Å². The first-order chi connectivity index (χ1) is 11.3. The highest BCUT2D eigenvalue weighted by Gasteiger charge is 2.18. The fourth-order valence-corrected chi connectivity index (χ4v) is 2.76. The van der Waals surface area contributed by atoms with Gasteiger partial charge in [0.05, 0.1) is 12.2 Å². The van der Waals surface area contributed by atoms with Gasteiger partial charge < -0.3 is 14.9 Å². The number of ether oxygens (including phenoxy) is 1. The van der Waals surface area contributed by atoms with Crippen molar-refractivity contribution in [1.82, 2.24) is 0 Å². The standard InChI is InChI=1S/C20H24O3S/c1-20(2,3)16-13-14(10-11-18(16)22)7-6-12-23-19(24)15-8-4-5-9-17(15)21/h4-5,8-11,13,21-22H,6-7,12H2,1-3H3. The van der Waals surface area contributed by atoms with Crippen molar-refractivity contribution in [3.8, 4) is 11.5 Å². The zero-order valence-corrected chi connectivity index (χ0v) is 15.2. The molecule has 0 aromatic heterocycles. The van der Waals surface area contributed by atoms with Gasteiger partial charge in [-0.15, -0.1) is 0 Å². The molecule has 0 heterocycles. The Morgan fingerprint density at radius 3 is 2.42 bits per heavy atom. The van der Waals surface area contributed by atoms with Crippen LogP contribution in [0.2, 0.25) is 0 Å². The summed E-state index contributed by atoms with van der Waals surface area (Å²) in [6.45, 7) is 6.73. The minimum atomic E-state index is -0.0943. The molecule has 2 rings (SSSR count). The summed E-state index contributed by atoms with van der Waals surface area (Å²) < 4.78 is 5.57. The maximum Gasteiger partial charge on any atom is 0.194 e. The van der Waals surface area contributed by atoms with Crippen molar-refractivity contribution < 1.29 is 14.9 Å². The second kappa shape index (κ2) is 7.67. The minimum Gasteiger partial charge on any atom is -0.508 e. The summed E-state index contributed by atoms with van der Waals surface area (Å²) in [6.07, 6.45) is 1.65. The largest absolute Gasteiger partial charge is 0.508 e. The molecule has 4 heteroatoms. The van der Waals surface area contributed by atoms with E-state index in [1.807, 2.05) is 12.1 Å². The van der Waals surface area contributed by atoms with Gasteiger partial charge in [0.25, 0.3) is 0 Å². The van der Waals surface area contributed by atoms with Gasteiger partial charge >= 0.3 is 0 Å². The van der Waals surface area contributed by atoms with Crippen LogP contribution in [0.3, 0.4) is 0 Å². The zero-order valence-electron chi connectivity index (χ0n) is 14.4. The molecule has 24 heavy (non-hydrogen) atoms. The fourth-order valence-electron chi connectivity index (χ4n) is 2.50. The maximum atomic E-state index is 10.0. The van der Waals surface area contributed by atoms with Crippen molar-refractivity contribution in [2.75, 3.05) is 6.61 Å². The van der Waals surface area contributed by atoms with Gasteiger partial charge in [-0.3, -0.25) is 0 Å². The second-order valence-electron chi connectivity index (χ2n) is 6.86. The molecule has 2 aromatic carbocycles. The second-order valence-corrected chi connectivity index (χ2v) is 7.23. The Hall–Kier alpha value is -2.07. The molecule has 2 aromatic rings. The van der Waals surface area contributed by atoms with E-state index in [1.54, 1.807) is 24.3 Å². The van der Waals surface area contributed by atoms with Crippen molar-refractivity contribution in [3.63, 3.8) is 0 Å². The molecule has 0 unspecified atom stereocenters. The van der Waals surface area contributed by atoms with Crippen molar-refractivity contribution in [1.29, 1.82) is 0 Å².